The largest absolute Gasteiger partial charge is 0.481 e. The summed E-state index contributed by atoms with van der Waals surface area (Å²) in [5.41, 5.74) is 0.912. The van der Waals surface area contributed by atoms with Crippen LogP contribution < -0.4 is 0 Å². The molecule has 7 heteroatoms. The van der Waals surface area contributed by atoms with Crippen LogP contribution in [0.1, 0.15) is 25.3 Å². The lowest BCUT2D eigenvalue weighted by Crippen LogP contribution is -2.30. The first-order valence-electron chi connectivity index (χ1n) is 6.87. The molecule has 1 N–H and O–H groups in total. The van der Waals surface area contributed by atoms with Gasteiger partial charge in [0.15, 0.2) is 0 Å². The summed E-state index contributed by atoms with van der Waals surface area (Å²) >= 11 is 6.04. The number of rotatable bonds is 5. The lowest BCUT2D eigenvalue weighted by atomic mass is 10.1. The van der Waals surface area contributed by atoms with Crippen molar-refractivity contribution in [3.05, 3.63) is 28.8 Å². The number of halogens is 1. The van der Waals surface area contributed by atoms with Gasteiger partial charge in [0, 0.05) is 13.1 Å². The van der Waals surface area contributed by atoms with Gasteiger partial charge >= 0.3 is 5.97 Å². The molecule has 1 aliphatic rings. The molecule has 1 heterocycles. The van der Waals surface area contributed by atoms with Gasteiger partial charge in [0.25, 0.3) is 0 Å². The molecule has 1 fully saturated rings. The lowest BCUT2D eigenvalue weighted by Gasteiger charge is -2.17. The highest BCUT2D eigenvalue weighted by molar-refractivity contribution is 7.89. The second-order valence-corrected chi connectivity index (χ2v) is 7.52. The van der Waals surface area contributed by atoms with Crippen LogP contribution in [0.3, 0.4) is 0 Å². The van der Waals surface area contributed by atoms with Crippen LogP contribution in [0.2, 0.25) is 5.02 Å². The van der Waals surface area contributed by atoms with Crippen molar-refractivity contribution < 1.29 is 18.3 Å². The Labute approximate surface area is 129 Å². The van der Waals surface area contributed by atoms with Gasteiger partial charge in [0.05, 0.1) is 10.9 Å². The summed E-state index contributed by atoms with van der Waals surface area (Å²) in [5, 5.41) is 9.16. The normalized spacial score (nSPS) is 19.8. The predicted molar refractivity (Wildman–Crippen MR) is 79.9 cm³/mol. The Hall–Kier alpha value is -1.11. The summed E-state index contributed by atoms with van der Waals surface area (Å²) in [4.78, 5) is 11.0. The molecule has 0 bridgehead atoms. The second-order valence-electron chi connectivity index (χ2n) is 5.20. The molecule has 1 aromatic rings. The van der Waals surface area contributed by atoms with Gasteiger partial charge in [0.2, 0.25) is 10.0 Å². The Balaban J connectivity index is 2.32. The number of carboxylic acids is 1. The molecule has 1 aromatic carbocycles. The van der Waals surface area contributed by atoms with Crippen molar-refractivity contribution in [1.82, 2.24) is 4.31 Å². The highest BCUT2D eigenvalue weighted by Crippen LogP contribution is 2.30. The van der Waals surface area contributed by atoms with Crippen LogP contribution in [-0.2, 0) is 21.2 Å². The van der Waals surface area contributed by atoms with Crippen LogP contribution >= 0.6 is 11.6 Å². The number of sulfonamides is 1. The zero-order chi connectivity index (χ0) is 15.6. The first-order chi connectivity index (χ1) is 9.86. The summed E-state index contributed by atoms with van der Waals surface area (Å²) in [7, 11) is -3.74. The molecular formula is C14H18ClNO4S. The molecule has 0 aliphatic carbocycles. The summed E-state index contributed by atoms with van der Waals surface area (Å²) in [6.07, 6.45) is 2.02. The summed E-state index contributed by atoms with van der Waals surface area (Å²) in [6.45, 7) is 2.24. The van der Waals surface area contributed by atoms with Crippen molar-refractivity contribution in [2.45, 2.75) is 31.1 Å². The monoisotopic (exact) mass is 331 g/mol. The Kier molecular flexibility index (Phi) is 4.91. The Bertz CT molecular complexity index is 644. The molecule has 21 heavy (non-hydrogen) atoms. The van der Waals surface area contributed by atoms with E-state index in [4.69, 9.17) is 16.7 Å². The molecule has 5 nitrogen and oxygen atoms in total. The fraction of sp³-hybridized carbons (Fsp3) is 0.500. The lowest BCUT2D eigenvalue weighted by molar-refractivity contribution is -0.141. The molecule has 0 saturated carbocycles. The number of nitrogens with zero attached hydrogens (tertiary/aromatic N) is 1. The highest BCUT2D eigenvalue weighted by Gasteiger charge is 2.36. The zero-order valence-corrected chi connectivity index (χ0v) is 13.3. The van der Waals surface area contributed by atoms with E-state index < -0.39 is 21.9 Å². The molecule has 0 aromatic heterocycles. The van der Waals surface area contributed by atoms with Crippen molar-refractivity contribution in [3.63, 3.8) is 0 Å². The molecule has 1 atom stereocenters. The van der Waals surface area contributed by atoms with Crippen LogP contribution in [0, 0.1) is 5.92 Å². The molecule has 0 spiro atoms. The Morgan fingerprint density at radius 2 is 2.19 bits per heavy atom. The average molecular weight is 332 g/mol. The first-order valence-corrected chi connectivity index (χ1v) is 8.69. The maximum Gasteiger partial charge on any atom is 0.307 e. The first kappa shape index (κ1) is 16.3. The summed E-state index contributed by atoms with van der Waals surface area (Å²) in [5.74, 6) is -1.60. The van der Waals surface area contributed by atoms with Gasteiger partial charge in [-0.25, -0.2) is 8.42 Å². The van der Waals surface area contributed by atoms with Crippen LogP contribution in [0.4, 0.5) is 0 Å². The smallest absolute Gasteiger partial charge is 0.307 e. The highest BCUT2D eigenvalue weighted by atomic mass is 35.5. The molecule has 1 unspecified atom stereocenters. The van der Waals surface area contributed by atoms with E-state index in [1.807, 2.05) is 13.0 Å². The van der Waals surface area contributed by atoms with Crippen molar-refractivity contribution >= 4 is 27.6 Å². The number of aliphatic carboxylic acids is 1. The molecule has 2 rings (SSSR count). The number of aryl methyl sites for hydroxylation is 1. The molecule has 0 amide bonds. The van der Waals surface area contributed by atoms with Crippen molar-refractivity contribution in [2.75, 3.05) is 13.1 Å². The third kappa shape index (κ3) is 3.39. The van der Waals surface area contributed by atoms with Gasteiger partial charge in [-0.05, 0) is 30.5 Å². The van der Waals surface area contributed by atoms with Crippen molar-refractivity contribution in [1.29, 1.82) is 0 Å². The van der Waals surface area contributed by atoms with E-state index in [-0.39, 0.29) is 23.0 Å². The minimum atomic E-state index is -3.74. The van der Waals surface area contributed by atoms with Crippen molar-refractivity contribution in [3.8, 4) is 0 Å². The zero-order valence-electron chi connectivity index (χ0n) is 11.8. The van der Waals surface area contributed by atoms with Crippen LogP contribution in [0.25, 0.3) is 0 Å². The van der Waals surface area contributed by atoms with Gasteiger partial charge in [-0.15, -0.1) is 0 Å². The number of carboxylic acid groups (broad SMARTS) is 1. The van der Waals surface area contributed by atoms with E-state index in [2.05, 4.69) is 0 Å². The average Bonchev–Trinajstić information content (AvgIpc) is 2.91. The Morgan fingerprint density at radius 1 is 1.48 bits per heavy atom. The standard InChI is InChI=1S/C14H18ClNO4S/c1-2-3-10-4-5-12(15)13(8-10)21(19,20)16-7-6-11(9-16)14(17)18/h4-5,8,11H,2-3,6-7,9H2,1H3,(H,17,18). The molecule has 0 radical (unpaired) electrons. The predicted octanol–water partition coefficient (Wildman–Crippen LogP) is 2.39. The Morgan fingerprint density at radius 3 is 2.76 bits per heavy atom. The van der Waals surface area contributed by atoms with Gasteiger partial charge < -0.3 is 5.11 Å². The SMILES string of the molecule is CCCc1ccc(Cl)c(S(=O)(=O)N2CCC(C(=O)O)C2)c1. The van der Waals surface area contributed by atoms with Gasteiger partial charge in [0.1, 0.15) is 4.90 Å². The van der Waals surface area contributed by atoms with Crippen molar-refractivity contribution in [2.24, 2.45) is 5.92 Å². The van der Waals surface area contributed by atoms with E-state index in [0.29, 0.717) is 6.42 Å². The van der Waals surface area contributed by atoms with E-state index in [0.717, 1.165) is 18.4 Å². The van der Waals surface area contributed by atoms with E-state index >= 15 is 0 Å². The number of benzene rings is 1. The molecule has 1 aliphatic heterocycles. The number of hydrogen-bond donors (Lipinski definition) is 1. The fourth-order valence-corrected chi connectivity index (χ4v) is 4.50. The summed E-state index contributed by atoms with van der Waals surface area (Å²) in [6, 6.07) is 4.99. The van der Waals surface area contributed by atoms with Crippen LogP contribution in [0.15, 0.2) is 23.1 Å². The maximum atomic E-state index is 12.6. The van der Waals surface area contributed by atoms with Crippen LogP contribution in [-0.4, -0.2) is 36.9 Å². The van der Waals surface area contributed by atoms with Gasteiger partial charge in [-0.1, -0.05) is 31.0 Å². The summed E-state index contributed by atoms with van der Waals surface area (Å²) < 4.78 is 26.5. The minimum absolute atomic E-state index is 0.00595. The van der Waals surface area contributed by atoms with Gasteiger partial charge in [-0.2, -0.15) is 4.31 Å². The molecular weight excluding hydrogens is 314 g/mol. The number of hydrogen-bond acceptors (Lipinski definition) is 3. The topological polar surface area (TPSA) is 74.7 Å². The van der Waals surface area contributed by atoms with Crippen LogP contribution in [0.5, 0.6) is 0 Å². The fourth-order valence-electron chi connectivity index (χ4n) is 2.48. The molecule has 1 saturated heterocycles. The third-order valence-electron chi connectivity index (χ3n) is 3.65. The van der Waals surface area contributed by atoms with Gasteiger partial charge in [-0.3, -0.25) is 4.79 Å². The second kappa shape index (κ2) is 6.34. The van der Waals surface area contributed by atoms with E-state index in [9.17, 15) is 13.2 Å². The quantitative estimate of drug-likeness (QED) is 0.899. The molecule has 116 valence electrons. The van der Waals surface area contributed by atoms with E-state index in [1.165, 1.54) is 4.31 Å². The third-order valence-corrected chi connectivity index (χ3v) is 6.00. The minimum Gasteiger partial charge on any atom is -0.481 e. The number of carbonyl (C=O) groups is 1. The van der Waals surface area contributed by atoms with E-state index in [1.54, 1.807) is 12.1 Å². The maximum absolute atomic E-state index is 12.6.